The zero-order chi connectivity index (χ0) is 11.6. The van der Waals surface area contributed by atoms with Gasteiger partial charge in [0.25, 0.3) is 0 Å². The van der Waals surface area contributed by atoms with E-state index >= 15 is 0 Å². The molecular formula is C9H8ClNa2O4P. The Bertz CT molecular complexity index is 435. The van der Waals surface area contributed by atoms with Gasteiger partial charge in [-0.2, -0.15) is 0 Å². The van der Waals surface area contributed by atoms with Crippen LogP contribution in [0, 0.1) is 0 Å². The molecule has 0 radical (unpaired) electrons. The molecule has 1 aromatic rings. The van der Waals surface area contributed by atoms with Gasteiger partial charge in [0.05, 0.1) is 0 Å². The molecule has 82 valence electrons. The van der Waals surface area contributed by atoms with Crippen molar-refractivity contribution in [2.24, 2.45) is 0 Å². The largest absolute Gasteiger partial charge is 1.00 e. The first kappa shape index (κ1) is 20.6. The summed E-state index contributed by atoms with van der Waals surface area (Å²) in [6.45, 7) is 1.07. The standard InChI is InChI=1S/C9H10ClO4P.2Na/c1-6(15(12,13)14)9(11)7-3-2-4-8(10)5-7;;/h2-6H,1H3,(H2,12,13,14);;/q;2*+1/p-2. The number of hydrogen-bond acceptors (Lipinski definition) is 4. The monoisotopic (exact) mass is 292 g/mol. The van der Waals surface area contributed by atoms with Crippen LogP contribution in [0.5, 0.6) is 0 Å². The Hall–Kier alpha value is 1.33. The first-order valence-electron chi connectivity index (χ1n) is 4.14. The van der Waals surface area contributed by atoms with Crippen molar-refractivity contribution >= 4 is 25.0 Å². The number of carbonyl (C=O) groups excluding carboxylic acids is 1. The van der Waals surface area contributed by atoms with E-state index in [-0.39, 0.29) is 64.7 Å². The van der Waals surface area contributed by atoms with Crippen LogP contribution in [-0.4, -0.2) is 11.4 Å². The number of halogens is 1. The van der Waals surface area contributed by atoms with Gasteiger partial charge in [-0.1, -0.05) is 38.3 Å². The minimum atomic E-state index is -4.89. The Labute approximate surface area is 149 Å². The second kappa shape index (κ2) is 8.49. The first-order chi connectivity index (χ1) is 6.82. The fourth-order valence-corrected chi connectivity index (χ4v) is 1.65. The Kier molecular flexibility index (Phi) is 10.3. The Morgan fingerprint density at radius 3 is 2.29 bits per heavy atom. The van der Waals surface area contributed by atoms with Crippen molar-refractivity contribution in [2.45, 2.75) is 12.6 Å². The van der Waals surface area contributed by atoms with Crippen molar-refractivity contribution in [2.75, 3.05) is 0 Å². The van der Waals surface area contributed by atoms with Crippen molar-refractivity contribution in [1.29, 1.82) is 0 Å². The summed E-state index contributed by atoms with van der Waals surface area (Å²) in [6, 6.07) is 5.82. The molecule has 0 aliphatic carbocycles. The van der Waals surface area contributed by atoms with E-state index in [4.69, 9.17) is 11.6 Å². The maximum absolute atomic E-state index is 11.5. The van der Waals surface area contributed by atoms with Crippen molar-refractivity contribution < 1.29 is 78.3 Å². The van der Waals surface area contributed by atoms with E-state index in [2.05, 4.69) is 0 Å². The molecule has 17 heavy (non-hydrogen) atoms. The molecule has 0 aliphatic rings. The molecule has 0 amide bonds. The SMILES string of the molecule is CC(C(=O)c1cccc(Cl)c1)P(=O)([O-])[O-].[Na+].[Na+]. The predicted molar refractivity (Wildman–Crippen MR) is 52.9 cm³/mol. The minimum absolute atomic E-state index is 0. The zero-order valence-corrected chi connectivity index (χ0v) is 15.5. The summed E-state index contributed by atoms with van der Waals surface area (Å²) in [5, 5.41) is 0.319. The van der Waals surface area contributed by atoms with Gasteiger partial charge in [0, 0.05) is 16.2 Å². The summed E-state index contributed by atoms with van der Waals surface area (Å²) in [4.78, 5) is 32.8. The number of ketones is 1. The van der Waals surface area contributed by atoms with E-state index in [1.54, 1.807) is 6.07 Å². The van der Waals surface area contributed by atoms with Crippen LogP contribution in [0.2, 0.25) is 5.02 Å². The van der Waals surface area contributed by atoms with Crippen molar-refractivity contribution in [1.82, 2.24) is 0 Å². The first-order valence-corrected chi connectivity index (χ1v) is 6.13. The Morgan fingerprint density at radius 2 is 1.88 bits per heavy atom. The molecule has 1 aromatic carbocycles. The van der Waals surface area contributed by atoms with Gasteiger partial charge in [-0.3, -0.25) is 4.79 Å². The summed E-state index contributed by atoms with van der Waals surface area (Å²) < 4.78 is 10.6. The topological polar surface area (TPSA) is 80.3 Å². The van der Waals surface area contributed by atoms with E-state index < -0.39 is 19.0 Å². The van der Waals surface area contributed by atoms with Crippen LogP contribution < -0.4 is 68.9 Å². The molecule has 1 unspecified atom stereocenters. The van der Waals surface area contributed by atoms with Gasteiger partial charge >= 0.3 is 59.1 Å². The molecule has 0 N–H and O–H groups in total. The summed E-state index contributed by atoms with van der Waals surface area (Å²) in [5.74, 6) is -0.731. The van der Waals surface area contributed by atoms with Gasteiger partial charge in [-0.05, 0) is 12.1 Å². The third kappa shape index (κ3) is 6.35. The van der Waals surface area contributed by atoms with Crippen molar-refractivity contribution in [3.63, 3.8) is 0 Å². The van der Waals surface area contributed by atoms with Crippen molar-refractivity contribution in [3.05, 3.63) is 34.9 Å². The van der Waals surface area contributed by atoms with Gasteiger partial charge in [-0.25, -0.2) is 0 Å². The van der Waals surface area contributed by atoms with Crippen LogP contribution in [0.25, 0.3) is 0 Å². The van der Waals surface area contributed by atoms with E-state index in [9.17, 15) is 19.1 Å². The molecule has 0 aliphatic heterocycles. The number of rotatable bonds is 3. The summed E-state index contributed by atoms with van der Waals surface area (Å²) in [5.41, 5.74) is -1.43. The van der Waals surface area contributed by atoms with Crippen LogP contribution in [0.3, 0.4) is 0 Å². The van der Waals surface area contributed by atoms with Gasteiger partial charge in [0.1, 0.15) is 0 Å². The summed E-state index contributed by atoms with van der Waals surface area (Å²) in [7, 11) is -4.89. The third-order valence-electron chi connectivity index (χ3n) is 1.96. The average Bonchev–Trinajstić information content (AvgIpc) is 2.14. The maximum Gasteiger partial charge on any atom is 1.00 e. The van der Waals surface area contributed by atoms with Crippen LogP contribution >= 0.6 is 19.2 Å². The van der Waals surface area contributed by atoms with E-state index in [1.165, 1.54) is 18.2 Å². The second-order valence-electron chi connectivity index (χ2n) is 3.09. The van der Waals surface area contributed by atoms with Crippen molar-refractivity contribution in [3.8, 4) is 0 Å². The number of hydrogen-bond donors (Lipinski definition) is 0. The summed E-state index contributed by atoms with van der Waals surface area (Å²) >= 11 is 5.63. The second-order valence-corrected chi connectivity index (χ2v) is 5.38. The molecule has 0 saturated carbocycles. The zero-order valence-electron chi connectivity index (χ0n) is 9.84. The molecular weight excluding hydrogens is 285 g/mol. The average molecular weight is 293 g/mol. The van der Waals surface area contributed by atoms with E-state index in [0.29, 0.717) is 5.02 Å². The molecule has 4 nitrogen and oxygen atoms in total. The summed E-state index contributed by atoms with van der Waals surface area (Å²) in [6.07, 6.45) is 0. The molecule has 8 heteroatoms. The molecule has 0 bridgehead atoms. The quantitative estimate of drug-likeness (QED) is 0.317. The van der Waals surface area contributed by atoms with Crippen LogP contribution in [0.1, 0.15) is 17.3 Å². The van der Waals surface area contributed by atoms with Gasteiger partial charge < -0.3 is 14.4 Å². The fourth-order valence-electron chi connectivity index (χ4n) is 1.03. The van der Waals surface area contributed by atoms with Crippen LogP contribution in [0.15, 0.2) is 24.3 Å². The fraction of sp³-hybridized carbons (Fsp3) is 0.222. The smallest absolute Gasteiger partial charge is 0.810 e. The number of Topliss-reactive ketones (excluding diaryl/α,β-unsaturated/α-hetero) is 1. The molecule has 0 aromatic heterocycles. The van der Waals surface area contributed by atoms with E-state index in [1.807, 2.05) is 0 Å². The molecule has 0 heterocycles. The van der Waals surface area contributed by atoms with Crippen LogP contribution in [-0.2, 0) is 4.57 Å². The molecule has 1 rings (SSSR count). The van der Waals surface area contributed by atoms with E-state index in [0.717, 1.165) is 6.92 Å². The minimum Gasteiger partial charge on any atom is -0.810 e. The molecule has 0 saturated heterocycles. The maximum atomic E-state index is 11.5. The predicted octanol–water partition coefficient (Wildman–Crippen LogP) is -5.17. The van der Waals surface area contributed by atoms with Gasteiger partial charge in [-0.15, -0.1) is 0 Å². The third-order valence-corrected chi connectivity index (χ3v) is 3.38. The number of benzene rings is 1. The normalized spacial score (nSPS) is 12.0. The molecule has 1 atom stereocenters. The van der Waals surface area contributed by atoms with Gasteiger partial charge in [0.2, 0.25) is 0 Å². The van der Waals surface area contributed by atoms with Crippen LogP contribution in [0.4, 0.5) is 0 Å². The molecule has 0 spiro atoms. The Morgan fingerprint density at radius 1 is 1.35 bits per heavy atom. The molecule has 0 fully saturated rings. The Balaban J connectivity index is 0. The van der Waals surface area contributed by atoms with Gasteiger partial charge in [0.15, 0.2) is 5.78 Å². The number of carbonyl (C=O) groups is 1.